The van der Waals surface area contributed by atoms with E-state index in [1.807, 2.05) is 0 Å². The summed E-state index contributed by atoms with van der Waals surface area (Å²) >= 11 is 4.75. The van der Waals surface area contributed by atoms with Gasteiger partial charge in [-0.3, -0.25) is 0 Å². The van der Waals surface area contributed by atoms with E-state index in [4.69, 9.17) is 4.74 Å². The number of halogens is 2. The molecule has 2 rings (SSSR count). The molecule has 70 valence electrons. The van der Waals surface area contributed by atoms with Gasteiger partial charge in [0.25, 0.3) is 0 Å². The molecule has 0 aromatic heterocycles. The number of hydrogen-bond donors (Lipinski definition) is 0. The first-order valence-corrected chi connectivity index (χ1v) is 6.75. The van der Waals surface area contributed by atoms with E-state index in [-0.39, 0.29) is 5.41 Å². The van der Waals surface area contributed by atoms with E-state index in [1.54, 1.807) is 0 Å². The van der Waals surface area contributed by atoms with E-state index in [0.29, 0.717) is 0 Å². The van der Waals surface area contributed by atoms with Crippen LogP contribution >= 0.6 is 45.2 Å². The first kappa shape index (κ1) is 10.0. The van der Waals surface area contributed by atoms with Gasteiger partial charge in [-0.1, -0.05) is 35.6 Å². The van der Waals surface area contributed by atoms with Gasteiger partial charge in [-0.15, -0.1) is 0 Å². The van der Waals surface area contributed by atoms with Crippen LogP contribution in [0.5, 0.6) is 5.75 Å². The molecule has 0 bridgehead atoms. The van der Waals surface area contributed by atoms with Crippen molar-refractivity contribution < 1.29 is 4.74 Å². The minimum Gasteiger partial charge on any atom is -0.492 e. The molecule has 0 radical (unpaired) electrons. The van der Waals surface area contributed by atoms with Crippen LogP contribution in [0.2, 0.25) is 0 Å². The first-order valence-electron chi connectivity index (χ1n) is 4.14. The standard InChI is InChI=1S/C10H10I2O/c1-10(5-11)6-13-9-4-7(12)2-3-8(9)10/h2-4H,5-6H2,1H3. The highest BCUT2D eigenvalue weighted by atomic mass is 127. The molecule has 3 heteroatoms. The van der Waals surface area contributed by atoms with Crippen molar-refractivity contribution in [2.45, 2.75) is 12.3 Å². The van der Waals surface area contributed by atoms with Crippen molar-refractivity contribution in [1.29, 1.82) is 0 Å². The highest BCUT2D eigenvalue weighted by Crippen LogP contribution is 2.40. The van der Waals surface area contributed by atoms with Crippen molar-refractivity contribution in [3.05, 3.63) is 27.3 Å². The van der Waals surface area contributed by atoms with Gasteiger partial charge >= 0.3 is 0 Å². The lowest BCUT2D eigenvalue weighted by Gasteiger charge is -2.18. The minimum atomic E-state index is 0.222. The largest absolute Gasteiger partial charge is 0.492 e. The summed E-state index contributed by atoms with van der Waals surface area (Å²) in [6.07, 6.45) is 0. The van der Waals surface area contributed by atoms with E-state index >= 15 is 0 Å². The molecule has 1 nitrogen and oxygen atoms in total. The van der Waals surface area contributed by atoms with Gasteiger partial charge in [0.05, 0.1) is 6.61 Å². The second kappa shape index (κ2) is 3.56. The fourth-order valence-corrected chi connectivity index (χ4v) is 2.63. The summed E-state index contributed by atoms with van der Waals surface area (Å²) in [7, 11) is 0. The molecule has 0 saturated heterocycles. The van der Waals surface area contributed by atoms with Gasteiger partial charge < -0.3 is 4.74 Å². The van der Waals surface area contributed by atoms with Crippen molar-refractivity contribution in [2.24, 2.45) is 0 Å². The van der Waals surface area contributed by atoms with Crippen LogP contribution in [-0.2, 0) is 5.41 Å². The SMILES string of the molecule is CC1(CI)COc2cc(I)ccc21. The van der Waals surface area contributed by atoms with Crippen LogP contribution in [0.4, 0.5) is 0 Å². The van der Waals surface area contributed by atoms with Crippen LogP contribution in [0.1, 0.15) is 12.5 Å². The molecule has 0 fully saturated rings. The Kier molecular flexibility index (Phi) is 2.75. The molecule has 1 aliphatic heterocycles. The number of ether oxygens (including phenoxy) is 1. The van der Waals surface area contributed by atoms with Gasteiger partial charge in [-0.05, 0) is 34.7 Å². The lowest BCUT2D eigenvalue weighted by Crippen LogP contribution is -2.25. The predicted molar refractivity (Wildman–Crippen MR) is 70.9 cm³/mol. The number of alkyl halides is 1. The van der Waals surface area contributed by atoms with Crippen LogP contribution in [0, 0.1) is 3.57 Å². The summed E-state index contributed by atoms with van der Waals surface area (Å²) < 4.78 is 8.03. The Morgan fingerprint density at radius 2 is 2.31 bits per heavy atom. The predicted octanol–water partition coefficient (Wildman–Crippen LogP) is 3.38. The zero-order valence-corrected chi connectivity index (χ0v) is 11.6. The Balaban J connectivity index is 2.49. The molecule has 0 N–H and O–H groups in total. The second-order valence-corrected chi connectivity index (χ2v) is 5.63. The van der Waals surface area contributed by atoms with Crippen molar-refractivity contribution >= 4 is 45.2 Å². The average Bonchev–Trinajstić information content (AvgIpc) is 2.45. The maximum atomic E-state index is 5.68. The number of benzene rings is 1. The highest BCUT2D eigenvalue weighted by Gasteiger charge is 2.35. The molecule has 0 saturated carbocycles. The summed E-state index contributed by atoms with van der Waals surface area (Å²) in [6, 6.07) is 6.47. The molecular formula is C10H10I2O. The zero-order chi connectivity index (χ0) is 9.47. The maximum Gasteiger partial charge on any atom is 0.124 e. The third-order valence-corrected chi connectivity index (χ3v) is 4.79. The Labute approximate surface area is 106 Å². The minimum absolute atomic E-state index is 0.222. The van der Waals surface area contributed by atoms with E-state index in [9.17, 15) is 0 Å². The first-order chi connectivity index (χ1) is 6.15. The molecule has 1 unspecified atom stereocenters. The lowest BCUT2D eigenvalue weighted by molar-refractivity contribution is 0.295. The molecular weight excluding hydrogens is 390 g/mol. The Morgan fingerprint density at radius 1 is 1.54 bits per heavy atom. The molecule has 1 heterocycles. The van der Waals surface area contributed by atoms with E-state index in [0.717, 1.165) is 16.8 Å². The molecule has 1 aliphatic rings. The van der Waals surface area contributed by atoms with Gasteiger partial charge in [0.1, 0.15) is 5.75 Å². The molecule has 0 spiro atoms. The lowest BCUT2D eigenvalue weighted by atomic mass is 9.87. The van der Waals surface area contributed by atoms with Crippen molar-refractivity contribution in [2.75, 3.05) is 11.0 Å². The highest BCUT2D eigenvalue weighted by molar-refractivity contribution is 14.1. The van der Waals surface area contributed by atoms with Crippen LogP contribution in [-0.4, -0.2) is 11.0 Å². The topological polar surface area (TPSA) is 9.23 Å². The molecule has 0 amide bonds. The summed E-state index contributed by atoms with van der Waals surface area (Å²) in [6.45, 7) is 3.09. The molecule has 0 aliphatic carbocycles. The monoisotopic (exact) mass is 400 g/mol. The fourth-order valence-electron chi connectivity index (χ4n) is 1.54. The molecule has 1 atom stereocenters. The number of fused-ring (bicyclic) bond motifs is 1. The normalized spacial score (nSPS) is 25.5. The molecule has 1 aromatic rings. The van der Waals surface area contributed by atoms with E-state index in [1.165, 1.54) is 9.13 Å². The summed E-state index contributed by atoms with van der Waals surface area (Å²) in [5, 5.41) is 0. The van der Waals surface area contributed by atoms with Crippen molar-refractivity contribution in [1.82, 2.24) is 0 Å². The van der Waals surface area contributed by atoms with E-state index in [2.05, 4.69) is 70.3 Å². The quantitative estimate of drug-likeness (QED) is 0.519. The third-order valence-electron chi connectivity index (χ3n) is 2.44. The van der Waals surface area contributed by atoms with Gasteiger partial charge in [0.2, 0.25) is 0 Å². The summed E-state index contributed by atoms with van der Waals surface area (Å²) in [4.78, 5) is 0. The summed E-state index contributed by atoms with van der Waals surface area (Å²) in [5.41, 5.74) is 1.59. The number of hydrogen-bond acceptors (Lipinski definition) is 1. The van der Waals surface area contributed by atoms with Crippen LogP contribution in [0.25, 0.3) is 0 Å². The zero-order valence-electron chi connectivity index (χ0n) is 7.31. The Bertz CT molecular complexity index is 338. The van der Waals surface area contributed by atoms with Gasteiger partial charge in [-0.2, -0.15) is 0 Å². The average molecular weight is 400 g/mol. The Morgan fingerprint density at radius 3 is 3.00 bits per heavy atom. The smallest absolute Gasteiger partial charge is 0.124 e. The van der Waals surface area contributed by atoms with Crippen molar-refractivity contribution in [3.63, 3.8) is 0 Å². The molecule has 1 aromatic carbocycles. The van der Waals surface area contributed by atoms with Crippen LogP contribution in [0.3, 0.4) is 0 Å². The fraction of sp³-hybridized carbons (Fsp3) is 0.400. The van der Waals surface area contributed by atoms with Gasteiger partial charge in [0.15, 0.2) is 0 Å². The molecule has 13 heavy (non-hydrogen) atoms. The van der Waals surface area contributed by atoms with Crippen molar-refractivity contribution in [3.8, 4) is 5.75 Å². The van der Waals surface area contributed by atoms with Crippen LogP contribution in [0.15, 0.2) is 18.2 Å². The number of rotatable bonds is 1. The third kappa shape index (κ3) is 1.69. The maximum absolute atomic E-state index is 5.68. The van der Waals surface area contributed by atoms with E-state index < -0.39 is 0 Å². The van der Waals surface area contributed by atoms with Gasteiger partial charge in [-0.25, -0.2) is 0 Å². The van der Waals surface area contributed by atoms with Gasteiger partial charge in [0, 0.05) is 19.0 Å². The van der Waals surface area contributed by atoms with Crippen LogP contribution < -0.4 is 4.74 Å². The second-order valence-electron chi connectivity index (χ2n) is 3.62. The summed E-state index contributed by atoms with van der Waals surface area (Å²) in [5.74, 6) is 1.08. The Hall–Kier alpha value is 0.480.